The maximum absolute atomic E-state index is 3.70. The molecule has 0 unspecified atom stereocenters. The summed E-state index contributed by atoms with van der Waals surface area (Å²) in [7, 11) is 0. The Bertz CT molecular complexity index is 442. The van der Waals surface area contributed by atoms with Crippen LogP contribution in [0.15, 0.2) is 24.3 Å². The third-order valence-electron chi connectivity index (χ3n) is 5.18. The second kappa shape index (κ2) is 4.07. The first-order chi connectivity index (χ1) is 8.83. The zero-order chi connectivity index (χ0) is 12.0. The van der Waals surface area contributed by atoms with Crippen LogP contribution in [-0.4, -0.2) is 30.6 Å². The molecule has 0 aromatic heterocycles. The van der Waals surface area contributed by atoms with Crippen LogP contribution in [0.25, 0.3) is 0 Å². The molecular weight excluding hydrogens is 220 g/mol. The van der Waals surface area contributed by atoms with Gasteiger partial charge in [0.1, 0.15) is 0 Å². The van der Waals surface area contributed by atoms with Gasteiger partial charge in [-0.1, -0.05) is 30.7 Å². The molecule has 1 atom stereocenters. The van der Waals surface area contributed by atoms with Crippen LogP contribution in [0.1, 0.15) is 30.4 Å². The number of hydrogen-bond acceptors (Lipinski definition) is 2. The van der Waals surface area contributed by atoms with Crippen molar-refractivity contribution in [2.75, 3.05) is 19.6 Å². The average Bonchev–Trinajstić information content (AvgIpc) is 2.31. The van der Waals surface area contributed by atoms with Gasteiger partial charge in [-0.05, 0) is 35.8 Å². The number of rotatable bonds is 2. The van der Waals surface area contributed by atoms with Crippen molar-refractivity contribution in [3.63, 3.8) is 0 Å². The van der Waals surface area contributed by atoms with Gasteiger partial charge in [-0.3, -0.25) is 0 Å². The fraction of sp³-hybridized carbons (Fsp3) is 0.625. The van der Waals surface area contributed by atoms with Gasteiger partial charge in [0.15, 0.2) is 0 Å². The van der Waals surface area contributed by atoms with Crippen LogP contribution < -0.4 is 5.32 Å². The minimum atomic E-state index is 0.664. The molecule has 1 saturated carbocycles. The van der Waals surface area contributed by atoms with E-state index in [1.165, 1.54) is 50.9 Å². The van der Waals surface area contributed by atoms with E-state index < -0.39 is 0 Å². The van der Waals surface area contributed by atoms with Crippen molar-refractivity contribution in [3.05, 3.63) is 35.4 Å². The first-order valence-electron chi connectivity index (χ1n) is 7.36. The Morgan fingerprint density at radius 1 is 1.17 bits per heavy atom. The molecule has 0 radical (unpaired) electrons. The molecule has 1 aromatic carbocycles. The molecular formula is C16H22N2. The van der Waals surface area contributed by atoms with Crippen molar-refractivity contribution >= 4 is 0 Å². The van der Waals surface area contributed by atoms with Crippen LogP contribution in [0.3, 0.4) is 0 Å². The van der Waals surface area contributed by atoms with E-state index in [1.54, 1.807) is 5.56 Å². The molecule has 18 heavy (non-hydrogen) atoms. The molecule has 3 aliphatic rings. The number of hydrogen-bond donors (Lipinski definition) is 1. The zero-order valence-corrected chi connectivity index (χ0v) is 11.0. The molecule has 96 valence electrons. The molecule has 2 heteroatoms. The second-order valence-electron chi connectivity index (χ2n) is 6.57. The molecule has 1 spiro atoms. The summed E-state index contributed by atoms with van der Waals surface area (Å²) in [5.41, 5.74) is 3.82. The van der Waals surface area contributed by atoms with Crippen LogP contribution in [0.4, 0.5) is 0 Å². The lowest BCUT2D eigenvalue weighted by Gasteiger charge is -2.57. The molecule has 2 aliphatic heterocycles. The first-order valence-corrected chi connectivity index (χ1v) is 7.36. The highest BCUT2D eigenvalue weighted by atomic mass is 15.2. The van der Waals surface area contributed by atoms with Crippen molar-refractivity contribution in [1.82, 2.24) is 10.2 Å². The summed E-state index contributed by atoms with van der Waals surface area (Å²) >= 11 is 0. The van der Waals surface area contributed by atoms with E-state index in [0.717, 1.165) is 12.0 Å². The summed E-state index contributed by atoms with van der Waals surface area (Å²) < 4.78 is 0. The van der Waals surface area contributed by atoms with Crippen LogP contribution in [0.5, 0.6) is 0 Å². The average molecular weight is 242 g/mol. The number of nitrogens with zero attached hydrogens (tertiary/aromatic N) is 1. The monoisotopic (exact) mass is 242 g/mol. The van der Waals surface area contributed by atoms with Crippen LogP contribution in [0, 0.1) is 5.41 Å². The highest BCUT2D eigenvalue weighted by Crippen LogP contribution is 2.48. The number of benzene rings is 1. The predicted octanol–water partition coefficient (Wildman–Crippen LogP) is 2.19. The summed E-state index contributed by atoms with van der Waals surface area (Å²) in [5, 5.41) is 3.70. The second-order valence-corrected chi connectivity index (χ2v) is 6.57. The van der Waals surface area contributed by atoms with Crippen LogP contribution in [-0.2, 0) is 13.0 Å². The van der Waals surface area contributed by atoms with Gasteiger partial charge in [0.25, 0.3) is 0 Å². The summed E-state index contributed by atoms with van der Waals surface area (Å²) in [6, 6.07) is 9.54. The number of fused-ring (bicyclic) bond motifs is 1. The van der Waals surface area contributed by atoms with E-state index in [1.807, 2.05) is 0 Å². The van der Waals surface area contributed by atoms with E-state index in [2.05, 4.69) is 34.5 Å². The molecule has 0 amide bonds. The maximum atomic E-state index is 3.70. The Morgan fingerprint density at radius 3 is 2.67 bits per heavy atom. The molecule has 2 nitrogen and oxygen atoms in total. The number of likely N-dealkylation sites (tertiary alicyclic amines) is 1. The standard InChI is InChI=1S/C16H22N2/c1-2-5-14-9-17-15(8-13(14)4-1)10-18-11-16(12-18)6-3-7-16/h1-2,4-5,15,17H,3,6-12H2/t15-/m0/s1. The molecule has 1 aliphatic carbocycles. The highest BCUT2D eigenvalue weighted by Gasteiger charge is 2.47. The van der Waals surface area contributed by atoms with Gasteiger partial charge in [0, 0.05) is 32.2 Å². The molecule has 0 bridgehead atoms. The van der Waals surface area contributed by atoms with Crippen molar-refractivity contribution in [3.8, 4) is 0 Å². The lowest BCUT2D eigenvalue weighted by molar-refractivity contribution is -0.0636. The first kappa shape index (κ1) is 11.0. The third-order valence-corrected chi connectivity index (χ3v) is 5.18. The van der Waals surface area contributed by atoms with Crippen molar-refractivity contribution in [2.45, 2.75) is 38.3 Å². The molecule has 4 rings (SSSR count). The van der Waals surface area contributed by atoms with Crippen LogP contribution in [0.2, 0.25) is 0 Å². The minimum Gasteiger partial charge on any atom is -0.308 e. The Kier molecular flexibility index (Phi) is 2.49. The van der Waals surface area contributed by atoms with E-state index in [-0.39, 0.29) is 0 Å². The Balaban J connectivity index is 1.35. The molecule has 1 N–H and O–H groups in total. The molecule has 2 fully saturated rings. The highest BCUT2D eigenvalue weighted by molar-refractivity contribution is 5.30. The summed E-state index contributed by atoms with van der Waals surface area (Å²) in [5.74, 6) is 0. The third kappa shape index (κ3) is 1.79. The summed E-state index contributed by atoms with van der Waals surface area (Å²) in [6.45, 7) is 5.04. The van der Waals surface area contributed by atoms with Gasteiger partial charge in [-0.25, -0.2) is 0 Å². The molecule has 1 aromatic rings. The normalized spacial score (nSPS) is 29.4. The predicted molar refractivity (Wildman–Crippen MR) is 73.5 cm³/mol. The fourth-order valence-electron chi connectivity index (χ4n) is 3.99. The fourth-order valence-corrected chi connectivity index (χ4v) is 3.99. The summed E-state index contributed by atoms with van der Waals surface area (Å²) in [6.07, 6.45) is 5.66. The quantitative estimate of drug-likeness (QED) is 0.855. The minimum absolute atomic E-state index is 0.664. The van der Waals surface area contributed by atoms with E-state index in [0.29, 0.717) is 6.04 Å². The summed E-state index contributed by atoms with van der Waals surface area (Å²) in [4.78, 5) is 2.66. The van der Waals surface area contributed by atoms with Gasteiger partial charge in [0.2, 0.25) is 0 Å². The number of nitrogens with one attached hydrogen (secondary N) is 1. The van der Waals surface area contributed by atoms with Gasteiger partial charge in [0.05, 0.1) is 0 Å². The van der Waals surface area contributed by atoms with Crippen molar-refractivity contribution < 1.29 is 0 Å². The van der Waals surface area contributed by atoms with Gasteiger partial charge >= 0.3 is 0 Å². The topological polar surface area (TPSA) is 15.3 Å². The van der Waals surface area contributed by atoms with Gasteiger partial charge < -0.3 is 10.2 Å². The van der Waals surface area contributed by atoms with Crippen molar-refractivity contribution in [2.24, 2.45) is 5.41 Å². The Hall–Kier alpha value is -0.860. The SMILES string of the molecule is c1ccc2c(c1)CN[C@H](CN1CC3(CCC3)C1)C2. The van der Waals surface area contributed by atoms with Crippen LogP contribution >= 0.6 is 0 Å². The van der Waals surface area contributed by atoms with Gasteiger partial charge in [-0.15, -0.1) is 0 Å². The zero-order valence-electron chi connectivity index (χ0n) is 11.0. The Labute approximate surface area is 109 Å². The molecule has 1 saturated heterocycles. The van der Waals surface area contributed by atoms with Crippen molar-refractivity contribution in [1.29, 1.82) is 0 Å². The van der Waals surface area contributed by atoms with E-state index >= 15 is 0 Å². The Morgan fingerprint density at radius 2 is 1.94 bits per heavy atom. The molecule has 2 heterocycles. The smallest absolute Gasteiger partial charge is 0.0238 e. The largest absolute Gasteiger partial charge is 0.308 e. The lowest BCUT2D eigenvalue weighted by Crippen LogP contribution is -2.62. The lowest BCUT2D eigenvalue weighted by atomic mass is 9.63. The maximum Gasteiger partial charge on any atom is 0.0238 e. The van der Waals surface area contributed by atoms with Gasteiger partial charge in [-0.2, -0.15) is 0 Å². The van der Waals surface area contributed by atoms with E-state index in [4.69, 9.17) is 0 Å². The van der Waals surface area contributed by atoms with E-state index in [9.17, 15) is 0 Å².